The first kappa shape index (κ1) is 6.74. The third-order valence-corrected chi connectivity index (χ3v) is 1.09. The topological polar surface area (TPSA) is 41.5 Å². The summed E-state index contributed by atoms with van der Waals surface area (Å²) in [4.78, 5) is 14.6. The van der Waals surface area contributed by atoms with E-state index in [1.807, 2.05) is 0 Å². The van der Waals surface area contributed by atoms with Crippen LogP contribution in [0.15, 0.2) is 29.9 Å². The van der Waals surface area contributed by atoms with Crippen LogP contribution in [0, 0.1) is 0 Å². The Labute approximate surface area is 59.2 Å². The Balaban J connectivity index is 2.28. The number of carbonyl (C=O) groups excluding carboxylic acids is 1. The van der Waals surface area contributed by atoms with Crippen molar-refractivity contribution in [3.63, 3.8) is 0 Å². The van der Waals surface area contributed by atoms with Crippen LogP contribution in [0.25, 0.3) is 0 Å². The highest BCUT2D eigenvalue weighted by Gasteiger charge is 2.09. The fourth-order valence-corrected chi connectivity index (χ4v) is 0.539. The molecule has 0 spiro atoms. The van der Waals surface area contributed by atoms with Gasteiger partial charge in [-0.3, -0.25) is 9.79 Å². The lowest BCUT2D eigenvalue weighted by atomic mass is 10.3. The van der Waals surface area contributed by atoms with E-state index in [4.69, 9.17) is 0 Å². The quantitative estimate of drug-likeness (QED) is 0.555. The van der Waals surface area contributed by atoms with Crippen molar-refractivity contribution in [3.8, 4) is 0 Å². The summed E-state index contributed by atoms with van der Waals surface area (Å²) >= 11 is 0. The first-order chi connectivity index (χ1) is 4.84. The van der Waals surface area contributed by atoms with Crippen molar-refractivity contribution in [2.75, 3.05) is 6.54 Å². The van der Waals surface area contributed by atoms with Gasteiger partial charge in [0.1, 0.15) is 5.71 Å². The van der Waals surface area contributed by atoms with E-state index in [0.717, 1.165) is 0 Å². The summed E-state index contributed by atoms with van der Waals surface area (Å²) in [7, 11) is 0. The van der Waals surface area contributed by atoms with Crippen molar-refractivity contribution >= 4 is 11.6 Å². The number of hydrogen-bond donors (Lipinski definition) is 1. The lowest BCUT2D eigenvalue weighted by molar-refractivity contribution is -0.114. The molecule has 1 rings (SSSR count). The Hall–Kier alpha value is -1.38. The maximum absolute atomic E-state index is 10.8. The highest BCUT2D eigenvalue weighted by molar-refractivity contribution is 6.45. The van der Waals surface area contributed by atoms with Gasteiger partial charge in [-0.25, -0.2) is 0 Å². The average molecular weight is 136 g/mol. The van der Waals surface area contributed by atoms with Crippen molar-refractivity contribution in [1.82, 2.24) is 5.32 Å². The number of hydrogen-bond acceptors (Lipinski definition) is 2. The van der Waals surface area contributed by atoms with Crippen LogP contribution in [0.1, 0.15) is 0 Å². The zero-order chi connectivity index (χ0) is 7.40. The van der Waals surface area contributed by atoms with Crippen LogP contribution in [-0.4, -0.2) is 18.2 Å². The van der Waals surface area contributed by atoms with E-state index in [0.29, 0.717) is 12.3 Å². The van der Waals surface area contributed by atoms with Crippen molar-refractivity contribution in [2.24, 2.45) is 4.99 Å². The molecule has 1 aliphatic heterocycles. The highest BCUT2D eigenvalue weighted by atomic mass is 16.1. The highest BCUT2D eigenvalue weighted by Crippen LogP contribution is 1.94. The number of nitrogens with zero attached hydrogens (tertiary/aromatic N) is 1. The standard InChI is InChI=1S/C7H8N2O/c1-2-4-9-7(10)6-3-5-8-6/h2-3,5H,1,4H2,(H,9,10). The molecule has 1 aliphatic rings. The molecule has 0 radical (unpaired) electrons. The molecule has 0 aromatic heterocycles. The second-order valence-electron chi connectivity index (χ2n) is 1.83. The third-order valence-electron chi connectivity index (χ3n) is 1.09. The van der Waals surface area contributed by atoms with Gasteiger partial charge in [0.2, 0.25) is 0 Å². The number of carbonyl (C=O) groups is 1. The maximum Gasteiger partial charge on any atom is 0.270 e. The van der Waals surface area contributed by atoms with E-state index < -0.39 is 0 Å². The molecule has 10 heavy (non-hydrogen) atoms. The van der Waals surface area contributed by atoms with Crippen molar-refractivity contribution in [1.29, 1.82) is 0 Å². The Morgan fingerprint density at radius 2 is 2.60 bits per heavy atom. The van der Waals surface area contributed by atoms with Crippen LogP contribution >= 0.6 is 0 Å². The summed E-state index contributed by atoms with van der Waals surface area (Å²) in [6.07, 6.45) is 4.88. The minimum Gasteiger partial charge on any atom is -0.347 e. The molecule has 1 heterocycles. The summed E-state index contributed by atoms with van der Waals surface area (Å²) in [6, 6.07) is 0. The first-order valence-electron chi connectivity index (χ1n) is 2.98. The zero-order valence-electron chi connectivity index (χ0n) is 5.50. The summed E-state index contributed by atoms with van der Waals surface area (Å²) in [5.41, 5.74) is 0.488. The lowest BCUT2D eigenvalue weighted by Gasteiger charge is -2.04. The average Bonchev–Trinajstić information content (AvgIpc) is 1.79. The molecule has 3 heteroatoms. The summed E-state index contributed by atoms with van der Waals surface area (Å²) in [5.74, 6) is -0.137. The molecule has 1 amide bonds. The Morgan fingerprint density at radius 1 is 1.90 bits per heavy atom. The fourth-order valence-electron chi connectivity index (χ4n) is 0.539. The Morgan fingerprint density at radius 3 is 3.00 bits per heavy atom. The molecule has 3 nitrogen and oxygen atoms in total. The zero-order valence-corrected chi connectivity index (χ0v) is 5.50. The first-order valence-corrected chi connectivity index (χ1v) is 2.98. The van der Waals surface area contributed by atoms with Gasteiger partial charge in [0.25, 0.3) is 5.91 Å². The van der Waals surface area contributed by atoms with Gasteiger partial charge in [0.15, 0.2) is 0 Å². The minimum atomic E-state index is -0.137. The molecular weight excluding hydrogens is 128 g/mol. The molecule has 0 atom stereocenters. The summed E-state index contributed by atoms with van der Waals surface area (Å²) in [6.45, 7) is 3.95. The van der Waals surface area contributed by atoms with E-state index in [9.17, 15) is 4.79 Å². The van der Waals surface area contributed by atoms with Crippen LogP contribution in [0.5, 0.6) is 0 Å². The maximum atomic E-state index is 10.8. The summed E-state index contributed by atoms with van der Waals surface area (Å²) in [5, 5.41) is 2.60. The second-order valence-corrected chi connectivity index (χ2v) is 1.83. The number of nitrogens with one attached hydrogen (secondary N) is 1. The molecule has 1 N–H and O–H groups in total. The number of rotatable bonds is 3. The fraction of sp³-hybridized carbons (Fsp3) is 0.143. The monoisotopic (exact) mass is 136 g/mol. The Kier molecular flexibility index (Phi) is 1.99. The predicted molar refractivity (Wildman–Crippen MR) is 39.8 cm³/mol. The van der Waals surface area contributed by atoms with Gasteiger partial charge in [-0.1, -0.05) is 6.08 Å². The van der Waals surface area contributed by atoms with Gasteiger partial charge in [0, 0.05) is 12.7 Å². The van der Waals surface area contributed by atoms with Crippen molar-refractivity contribution in [2.45, 2.75) is 0 Å². The van der Waals surface area contributed by atoms with Gasteiger partial charge in [0.05, 0.1) is 0 Å². The molecule has 0 saturated heterocycles. The van der Waals surface area contributed by atoms with Gasteiger partial charge in [-0.05, 0) is 6.08 Å². The van der Waals surface area contributed by atoms with E-state index in [1.54, 1.807) is 18.4 Å². The largest absolute Gasteiger partial charge is 0.347 e. The molecule has 0 aromatic carbocycles. The number of aliphatic imine (C=N–C) groups is 1. The molecule has 0 saturated carbocycles. The van der Waals surface area contributed by atoms with Crippen LogP contribution in [-0.2, 0) is 4.79 Å². The molecule has 0 fully saturated rings. The molecule has 0 unspecified atom stereocenters. The van der Waals surface area contributed by atoms with E-state index >= 15 is 0 Å². The minimum absolute atomic E-state index is 0.137. The van der Waals surface area contributed by atoms with Gasteiger partial charge >= 0.3 is 0 Å². The van der Waals surface area contributed by atoms with Crippen molar-refractivity contribution in [3.05, 3.63) is 24.9 Å². The molecule has 0 bridgehead atoms. The Bertz CT molecular complexity index is 216. The second kappa shape index (κ2) is 2.96. The smallest absolute Gasteiger partial charge is 0.270 e. The number of amides is 1. The van der Waals surface area contributed by atoms with E-state index in [-0.39, 0.29) is 5.91 Å². The van der Waals surface area contributed by atoms with Gasteiger partial charge in [-0.15, -0.1) is 6.58 Å². The predicted octanol–water partition coefficient (Wildman–Crippen LogP) is 0.257. The lowest BCUT2D eigenvalue weighted by Crippen LogP contribution is -2.31. The molecule has 52 valence electrons. The van der Waals surface area contributed by atoms with E-state index in [1.165, 1.54) is 0 Å². The van der Waals surface area contributed by atoms with Gasteiger partial charge < -0.3 is 5.32 Å². The van der Waals surface area contributed by atoms with Crippen molar-refractivity contribution < 1.29 is 4.79 Å². The molecular formula is C7H8N2O. The van der Waals surface area contributed by atoms with Crippen LogP contribution in [0.4, 0.5) is 0 Å². The summed E-state index contributed by atoms with van der Waals surface area (Å²) < 4.78 is 0. The van der Waals surface area contributed by atoms with Crippen LogP contribution in [0.2, 0.25) is 0 Å². The van der Waals surface area contributed by atoms with E-state index in [2.05, 4.69) is 16.9 Å². The SMILES string of the molecule is C=CCNC(=O)C1=NC=C1. The molecule has 0 aliphatic carbocycles. The third kappa shape index (κ3) is 1.31. The van der Waals surface area contributed by atoms with Crippen LogP contribution in [0.3, 0.4) is 0 Å². The molecule has 0 aromatic rings. The van der Waals surface area contributed by atoms with Crippen LogP contribution < -0.4 is 5.32 Å². The van der Waals surface area contributed by atoms with Gasteiger partial charge in [-0.2, -0.15) is 0 Å². The normalized spacial score (nSPS) is 13.4.